The van der Waals surface area contributed by atoms with Crippen LogP contribution in [0.3, 0.4) is 0 Å². The molecular weight excluding hydrogens is 430 g/mol. The molecule has 3 aromatic heterocycles. The van der Waals surface area contributed by atoms with Crippen molar-refractivity contribution in [3.8, 4) is 10.6 Å². The molecule has 0 aliphatic heterocycles. The van der Waals surface area contributed by atoms with Crippen molar-refractivity contribution >= 4 is 66.9 Å². The van der Waals surface area contributed by atoms with Crippen LogP contribution in [-0.2, 0) is 11.3 Å². The summed E-state index contributed by atoms with van der Waals surface area (Å²) in [6, 6.07) is 7.55. The van der Waals surface area contributed by atoms with Gasteiger partial charge in [-0.15, -0.1) is 34.0 Å². The molecule has 3 heterocycles. The first kappa shape index (κ1) is 17.3. The van der Waals surface area contributed by atoms with Crippen molar-refractivity contribution in [3.05, 3.63) is 43.2 Å². The van der Waals surface area contributed by atoms with Gasteiger partial charge in [0.1, 0.15) is 0 Å². The molecule has 0 aliphatic carbocycles. The lowest BCUT2D eigenvalue weighted by Gasteiger charge is -1.98. The van der Waals surface area contributed by atoms with Crippen molar-refractivity contribution in [2.45, 2.75) is 13.5 Å². The Morgan fingerprint density at radius 3 is 2.75 bits per heavy atom. The Balaban J connectivity index is 1.67. The summed E-state index contributed by atoms with van der Waals surface area (Å²) >= 11 is 7.68. The van der Waals surface area contributed by atoms with Gasteiger partial charge in [-0.1, -0.05) is 0 Å². The number of hydrogen-bond donors (Lipinski definition) is 2. The van der Waals surface area contributed by atoms with E-state index in [0.29, 0.717) is 16.6 Å². The first-order valence-corrected chi connectivity index (χ1v) is 10.2. The number of hydrogen-bond acceptors (Lipinski definition) is 6. The molecule has 2 amide bonds. The molecule has 0 aliphatic rings. The lowest BCUT2D eigenvalue weighted by molar-refractivity contribution is -0.119. The van der Waals surface area contributed by atoms with Gasteiger partial charge < -0.3 is 5.32 Å². The molecule has 0 atom stereocenters. The Bertz CT molecular complexity index is 884. The van der Waals surface area contributed by atoms with Crippen molar-refractivity contribution in [1.82, 2.24) is 10.3 Å². The van der Waals surface area contributed by atoms with Gasteiger partial charge >= 0.3 is 0 Å². The third kappa shape index (κ3) is 4.29. The van der Waals surface area contributed by atoms with Gasteiger partial charge in [-0.05, 0) is 40.2 Å². The summed E-state index contributed by atoms with van der Waals surface area (Å²) in [5.41, 5.74) is 0.821. The van der Waals surface area contributed by atoms with Crippen LogP contribution >= 0.6 is 49.9 Å². The fourth-order valence-electron chi connectivity index (χ4n) is 1.86. The molecule has 2 N–H and O–H groups in total. The van der Waals surface area contributed by atoms with Crippen LogP contribution in [-0.4, -0.2) is 16.8 Å². The lowest BCUT2D eigenvalue weighted by Crippen LogP contribution is -2.17. The van der Waals surface area contributed by atoms with Crippen LogP contribution in [0.2, 0.25) is 0 Å². The highest BCUT2D eigenvalue weighted by molar-refractivity contribution is 9.11. The largest absolute Gasteiger partial charge is 0.351 e. The fraction of sp³-hybridized carbons (Fsp3) is 0.133. The molecule has 5 nitrogen and oxygen atoms in total. The second-order valence-electron chi connectivity index (χ2n) is 4.77. The van der Waals surface area contributed by atoms with E-state index >= 15 is 0 Å². The van der Waals surface area contributed by atoms with E-state index < -0.39 is 0 Å². The van der Waals surface area contributed by atoms with Gasteiger partial charge in [0.25, 0.3) is 5.91 Å². The van der Waals surface area contributed by atoms with Gasteiger partial charge in [0.05, 0.1) is 25.8 Å². The maximum atomic E-state index is 12.1. The second kappa shape index (κ2) is 7.56. The van der Waals surface area contributed by atoms with Crippen LogP contribution < -0.4 is 10.6 Å². The average Bonchev–Trinajstić information content (AvgIpc) is 3.24. The first-order valence-electron chi connectivity index (χ1n) is 6.87. The van der Waals surface area contributed by atoms with Crippen LogP contribution in [0.15, 0.2) is 33.4 Å². The van der Waals surface area contributed by atoms with E-state index in [0.717, 1.165) is 19.2 Å². The predicted molar refractivity (Wildman–Crippen MR) is 103 cm³/mol. The van der Waals surface area contributed by atoms with E-state index in [-0.39, 0.29) is 11.8 Å². The Labute approximate surface area is 158 Å². The van der Waals surface area contributed by atoms with Gasteiger partial charge in [-0.25, -0.2) is 4.98 Å². The number of thiazole rings is 1. The number of amides is 2. The summed E-state index contributed by atoms with van der Waals surface area (Å²) in [6.45, 7) is 2.01. The molecule has 24 heavy (non-hydrogen) atoms. The SMILES string of the molecule is CC(=O)NCc1ccc(-c2csc(NC(=O)c3ccc(Br)s3)n2)s1. The summed E-state index contributed by atoms with van der Waals surface area (Å²) in [6.07, 6.45) is 0. The molecular formula is C15H12BrN3O2S3. The predicted octanol–water partition coefficient (Wildman–Crippen LogP) is 4.58. The minimum atomic E-state index is -0.163. The quantitative estimate of drug-likeness (QED) is 0.608. The minimum Gasteiger partial charge on any atom is -0.351 e. The average molecular weight is 442 g/mol. The molecule has 0 aromatic carbocycles. The summed E-state index contributed by atoms with van der Waals surface area (Å²) in [5, 5.41) is 8.06. The Morgan fingerprint density at radius 1 is 1.21 bits per heavy atom. The van der Waals surface area contributed by atoms with Crippen LogP contribution in [0, 0.1) is 0 Å². The summed E-state index contributed by atoms with van der Waals surface area (Å²) in [4.78, 5) is 30.3. The van der Waals surface area contributed by atoms with Crippen LogP contribution in [0.1, 0.15) is 21.5 Å². The van der Waals surface area contributed by atoms with Gasteiger partial charge in [0.15, 0.2) is 5.13 Å². The second-order valence-corrected chi connectivity index (χ2v) is 9.26. The molecule has 9 heteroatoms. The number of carbonyl (C=O) groups is 2. The van der Waals surface area contributed by atoms with Crippen LogP contribution in [0.5, 0.6) is 0 Å². The third-order valence-corrected chi connectivity index (χ3v) is 6.44. The zero-order valence-corrected chi connectivity index (χ0v) is 16.5. The molecule has 0 radical (unpaired) electrons. The third-order valence-electron chi connectivity index (χ3n) is 2.95. The fourth-order valence-corrected chi connectivity index (χ4v) is 4.83. The molecule has 0 saturated heterocycles. The van der Waals surface area contributed by atoms with E-state index in [1.165, 1.54) is 29.6 Å². The van der Waals surface area contributed by atoms with E-state index in [1.807, 2.05) is 23.6 Å². The number of nitrogens with zero attached hydrogens (tertiary/aromatic N) is 1. The van der Waals surface area contributed by atoms with Gasteiger partial charge in [-0.3, -0.25) is 14.9 Å². The summed E-state index contributed by atoms with van der Waals surface area (Å²) in [5.74, 6) is -0.215. The first-order chi connectivity index (χ1) is 11.5. The van der Waals surface area contributed by atoms with Crippen molar-refractivity contribution in [2.75, 3.05) is 5.32 Å². The molecule has 0 spiro atoms. The standard InChI is InChI=1S/C15H12BrN3O2S3/c1-8(20)17-6-9-2-3-11(23-9)10-7-22-15(18-10)19-14(21)12-4-5-13(16)24-12/h2-5,7H,6H2,1H3,(H,17,20)(H,18,19,21). The number of thiophene rings is 2. The number of carbonyl (C=O) groups excluding carboxylic acids is 2. The molecule has 0 bridgehead atoms. The van der Waals surface area contributed by atoms with Gasteiger partial charge in [-0.2, -0.15) is 0 Å². The minimum absolute atomic E-state index is 0.0520. The smallest absolute Gasteiger partial charge is 0.267 e. The van der Waals surface area contributed by atoms with E-state index in [9.17, 15) is 9.59 Å². The van der Waals surface area contributed by atoms with Crippen molar-refractivity contribution in [3.63, 3.8) is 0 Å². The Kier molecular flexibility index (Phi) is 5.44. The molecule has 0 saturated carbocycles. The molecule has 124 valence electrons. The molecule has 0 fully saturated rings. The number of aromatic nitrogens is 1. The van der Waals surface area contributed by atoms with Gasteiger partial charge in [0.2, 0.25) is 5.91 Å². The van der Waals surface area contributed by atoms with Crippen molar-refractivity contribution in [1.29, 1.82) is 0 Å². The van der Waals surface area contributed by atoms with Crippen molar-refractivity contribution < 1.29 is 9.59 Å². The number of anilines is 1. The zero-order chi connectivity index (χ0) is 17.1. The molecule has 3 aromatic rings. The lowest BCUT2D eigenvalue weighted by atomic mass is 10.3. The van der Waals surface area contributed by atoms with Gasteiger partial charge in [0, 0.05) is 17.2 Å². The molecule has 3 rings (SSSR count). The zero-order valence-electron chi connectivity index (χ0n) is 12.5. The van der Waals surface area contributed by atoms with E-state index in [2.05, 4.69) is 31.5 Å². The molecule has 0 unspecified atom stereocenters. The van der Waals surface area contributed by atoms with Crippen molar-refractivity contribution in [2.24, 2.45) is 0 Å². The number of halogens is 1. The highest BCUT2D eigenvalue weighted by Gasteiger charge is 2.13. The monoisotopic (exact) mass is 441 g/mol. The van der Waals surface area contributed by atoms with Crippen LogP contribution in [0.4, 0.5) is 5.13 Å². The topological polar surface area (TPSA) is 71.1 Å². The number of rotatable bonds is 5. The number of nitrogens with one attached hydrogen (secondary N) is 2. The van der Waals surface area contributed by atoms with E-state index in [1.54, 1.807) is 17.4 Å². The Morgan fingerprint density at radius 2 is 2.04 bits per heavy atom. The maximum Gasteiger partial charge on any atom is 0.267 e. The maximum absolute atomic E-state index is 12.1. The Hall–Kier alpha value is -1.55. The highest BCUT2D eigenvalue weighted by Crippen LogP contribution is 2.31. The van der Waals surface area contributed by atoms with E-state index in [4.69, 9.17) is 0 Å². The summed E-state index contributed by atoms with van der Waals surface area (Å²) < 4.78 is 0.915. The summed E-state index contributed by atoms with van der Waals surface area (Å²) in [7, 11) is 0. The van der Waals surface area contributed by atoms with Crippen LogP contribution in [0.25, 0.3) is 10.6 Å². The normalized spacial score (nSPS) is 10.6. The highest BCUT2D eigenvalue weighted by atomic mass is 79.9.